The fourth-order valence-electron chi connectivity index (χ4n) is 2.89. The van der Waals surface area contributed by atoms with E-state index >= 15 is 0 Å². The molecule has 0 radical (unpaired) electrons. The van der Waals surface area contributed by atoms with E-state index in [1.54, 1.807) is 11.3 Å². The van der Waals surface area contributed by atoms with Crippen LogP contribution in [0, 0.1) is 13.8 Å². The number of aryl methyl sites for hydroxylation is 2. The summed E-state index contributed by atoms with van der Waals surface area (Å²) in [5.41, 5.74) is 7.01. The summed E-state index contributed by atoms with van der Waals surface area (Å²) in [6, 6.07) is 0.0976. The number of nitrogens with zero attached hydrogens (tertiary/aromatic N) is 1. The Kier molecular flexibility index (Phi) is 4.10. The molecule has 114 valence electrons. The molecule has 3 rings (SSSR count). The number of aromatic nitrogens is 2. The molecule has 1 fully saturated rings. The van der Waals surface area contributed by atoms with Gasteiger partial charge in [0.1, 0.15) is 17.3 Å². The fourth-order valence-corrected chi connectivity index (χ4v) is 3.93. The minimum Gasteiger partial charge on any atom is -0.369 e. The van der Waals surface area contributed by atoms with Crippen molar-refractivity contribution in [1.29, 1.82) is 0 Å². The van der Waals surface area contributed by atoms with Crippen LogP contribution >= 0.6 is 11.3 Å². The number of aromatic amines is 1. The van der Waals surface area contributed by atoms with Crippen LogP contribution in [0.15, 0.2) is 4.79 Å². The molecule has 0 spiro atoms. The van der Waals surface area contributed by atoms with E-state index < -0.39 is 0 Å². The molecule has 2 aromatic rings. The third-order valence-corrected chi connectivity index (χ3v) is 5.38. The number of hydrogen-bond acceptors (Lipinski definition) is 5. The summed E-state index contributed by atoms with van der Waals surface area (Å²) in [6.45, 7) is 4.29. The lowest BCUT2D eigenvalue weighted by molar-refractivity contribution is 0.00102. The van der Waals surface area contributed by atoms with E-state index in [0.29, 0.717) is 17.8 Å². The predicted molar refractivity (Wildman–Crippen MR) is 84.7 cm³/mol. The number of ether oxygens (including phenoxy) is 1. The average molecular weight is 307 g/mol. The molecule has 1 aliphatic rings. The number of thiophene rings is 1. The normalized spacial score (nSPS) is 22.8. The van der Waals surface area contributed by atoms with Gasteiger partial charge in [0.2, 0.25) is 0 Å². The quantitative estimate of drug-likeness (QED) is 0.912. The van der Waals surface area contributed by atoms with Gasteiger partial charge in [-0.2, -0.15) is 0 Å². The molecule has 6 heteroatoms. The molecule has 0 bridgehead atoms. The maximum absolute atomic E-state index is 12.2. The van der Waals surface area contributed by atoms with Gasteiger partial charge in [-0.15, -0.1) is 11.3 Å². The van der Waals surface area contributed by atoms with Crippen LogP contribution in [0.25, 0.3) is 10.2 Å². The van der Waals surface area contributed by atoms with E-state index in [4.69, 9.17) is 10.5 Å². The topological polar surface area (TPSA) is 81.0 Å². The molecule has 2 atom stereocenters. The van der Waals surface area contributed by atoms with Gasteiger partial charge in [0.25, 0.3) is 5.56 Å². The zero-order valence-corrected chi connectivity index (χ0v) is 13.3. The Hall–Kier alpha value is -1.24. The standard InChI is InChI=1S/C15H21N3O2S/c1-8-9(2)21-15-13(8)14(19)17-12(18-15)7-20-11-6-4-3-5-10(11)16/h10-11H,3-7,16H2,1-2H3,(H,17,18,19). The zero-order valence-electron chi connectivity index (χ0n) is 12.4. The van der Waals surface area contributed by atoms with Crippen LogP contribution in [-0.2, 0) is 11.3 Å². The summed E-state index contributed by atoms with van der Waals surface area (Å²) in [5.74, 6) is 0.589. The Morgan fingerprint density at radius 3 is 2.90 bits per heavy atom. The Morgan fingerprint density at radius 1 is 1.38 bits per heavy atom. The van der Waals surface area contributed by atoms with Crippen LogP contribution in [0.3, 0.4) is 0 Å². The monoisotopic (exact) mass is 307 g/mol. The first-order valence-electron chi connectivity index (χ1n) is 7.42. The predicted octanol–water partition coefficient (Wildman–Crippen LogP) is 2.39. The van der Waals surface area contributed by atoms with Gasteiger partial charge in [0, 0.05) is 10.9 Å². The minimum atomic E-state index is -0.0756. The largest absolute Gasteiger partial charge is 0.369 e. The summed E-state index contributed by atoms with van der Waals surface area (Å²) in [7, 11) is 0. The number of hydrogen-bond donors (Lipinski definition) is 2. The van der Waals surface area contributed by atoms with Crippen LogP contribution in [0.2, 0.25) is 0 Å². The highest BCUT2D eigenvalue weighted by atomic mass is 32.1. The first-order valence-corrected chi connectivity index (χ1v) is 8.24. The number of nitrogens with two attached hydrogens (primary N) is 1. The molecule has 0 aliphatic heterocycles. The minimum absolute atomic E-state index is 0.0755. The molecule has 0 aromatic carbocycles. The van der Waals surface area contributed by atoms with Gasteiger partial charge in [-0.05, 0) is 32.3 Å². The second-order valence-corrected chi connectivity index (χ2v) is 6.98. The lowest BCUT2D eigenvalue weighted by atomic mass is 9.93. The van der Waals surface area contributed by atoms with Crippen LogP contribution in [-0.4, -0.2) is 22.1 Å². The smallest absolute Gasteiger partial charge is 0.259 e. The molecule has 0 amide bonds. The highest BCUT2D eigenvalue weighted by molar-refractivity contribution is 7.18. The second-order valence-electron chi connectivity index (χ2n) is 5.77. The van der Waals surface area contributed by atoms with E-state index in [2.05, 4.69) is 9.97 Å². The van der Waals surface area contributed by atoms with Gasteiger partial charge in [-0.25, -0.2) is 4.98 Å². The summed E-state index contributed by atoms with van der Waals surface area (Å²) in [5, 5.41) is 0.704. The first-order chi connectivity index (χ1) is 10.1. The molecular formula is C15H21N3O2S. The van der Waals surface area contributed by atoms with Crippen molar-refractivity contribution in [2.45, 2.75) is 58.3 Å². The van der Waals surface area contributed by atoms with E-state index in [9.17, 15) is 4.79 Å². The molecule has 21 heavy (non-hydrogen) atoms. The Labute approximate surface area is 127 Å². The zero-order chi connectivity index (χ0) is 15.0. The molecule has 1 saturated carbocycles. The summed E-state index contributed by atoms with van der Waals surface area (Å²) in [4.78, 5) is 21.5. The number of H-pyrrole nitrogens is 1. The number of rotatable bonds is 3. The highest BCUT2D eigenvalue weighted by Crippen LogP contribution is 2.26. The molecule has 3 N–H and O–H groups in total. The lowest BCUT2D eigenvalue weighted by Crippen LogP contribution is -2.39. The van der Waals surface area contributed by atoms with E-state index in [0.717, 1.165) is 34.5 Å². The number of fused-ring (bicyclic) bond motifs is 1. The summed E-state index contributed by atoms with van der Waals surface area (Å²) >= 11 is 1.56. The summed E-state index contributed by atoms with van der Waals surface area (Å²) < 4.78 is 5.87. The first kappa shape index (κ1) is 14.7. The van der Waals surface area contributed by atoms with Crippen molar-refractivity contribution in [3.05, 3.63) is 26.6 Å². The van der Waals surface area contributed by atoms with Crippen LogP contribution in [0.4, 0.5) is 0 Å². The Morgan fingerprint density at radius 2 is 2.14 bits per heavy atom. The number of nitrogens with one attached hydrogen (secondary N) is 1. The van der Waals surface area contributed by atoms with Gasteiger partial charge < -0.3 is 15.5 Å². The van der Waals surface area contributed by atoms with Gasteiger partial charge in [-0.3, -0.25) is 4.79 Å². The van der Waals surface area contributed by atoms with Gasteiger partial charge >= 0.3 is 0 Å². The van der Waals surface area contributed by atoms with Gasteiger partial charge in [0.05, 0.1) is 11.5 Å². The van der Waals surface area contributed by atoms with Crippen molar-refractivity contribution in [1.82, 2.24) is 9.97 Å². The summed E-state index contributed by atoms with van der Waals surface area (Å²) in [6.07, 6.45) is 4.41. The van der Waals surface area contributed by atoms with Crippen molar-refractivity contribution in [3.63, 3.8) is 0 Å². The molecule has 5 nitrogen and oxygen atoms in total. The third-order valence-electron chi connectivity index (χ3n) is 4.28. The van der Waals surface area contributed by atoms with Crippen molar-refractivity contribution >= 4 is 21.6 Å². The van der Waals surface area contributed by atoms with Gasteiger partial charge in [0.15, 0.2) is 0 Å². The average Bonchev–Trinajstić information content (AvgIpc) is 2.73. The fraction of sp³-hybridized carbons (Fsp3) is 0.600. The van der Waals surface area contributed by atoms with Crippen molar-refractivity contribution in [3.8, 4) is 0 Å². The SMILES string of the molecule is Cc1sc2nc(COC3CCCCC3N)[nH]c(=O)c2c1C. The molecule has 2 unspecified atom stereocenters. The maximum atomic E-state index is 12.2. The van der Waals surface area contributed by atoms with E-state index in [1.807, 2.05) is 13.8 Å². The molecule has 2 aromatic heterocycles. The lowest BCUT2D eigenvalue weighted by Gasteiger charge is -2.28. The van der Waals surface area contributed by atoms with Crippen molar-refractivity contribution in [2.24, 2.45) is 5.73 Å². The second kappa shape index (κ2) is 5.87. The van der Waals surface area contributed by atoms with Crippen LogP contribution in [0.5, 0.6) is 0 Å². The Bertz CT molecular complexity index is 707. The highest BCUT2D eigenvalue weighted by Gasteiger charge is 2.22. The van der Waals surface area contributed by atoms with Crippen molar-refractivity contribution in [2.75, 3.05) is 0 Å². The van der Waals surface area contributed by atoms with E-state index in [-0.39, 0.29) is 17.7 Å². The molecule has 1 aliphatic carbocycles. The molecule has 0 saturated heterocycles. The molecule has 2 heterocycles. The van der Waals surface area contributed by atoms with Crippen LogP contribution < -0.4 is 11.3 Å². The van der Waals surface area contributed by atoms with E-state index in [1.165, 1.54) is 6.42 Å². The molecular weight excluding hydrogens is 286 g/mol. The third kappa shape index (κ3) is 2.88. The maximum Gasteiger partial charge on any atom is 0.259 e. The van der Waals surface area contributed by atoms with Gasteiger partial charge in [-0.1, -0.05) is 12.8 Å². The van der Waals surface area contributed by atoms with Crippen LogP contribution in [0.1, 0.15) is 41.9 Å². The van der Waals surface area contributed by atoms with Crippen molar-refractivity contribution < 1.29 is 4.74 Å². The Balaban J connectivity index is 1.80.